The molecule has 0 heterocycles. The minimum atomic E-state index is -0.109. The lowest BCUT2D eigenvalue weighted by atomic mass is 9.93. The second-order valence-electron chi connectivity index (χ2n) is 3.58. The lowest BCUT2D eigenvalue weighted by molar-refractivity contribution is 0.604. The van der Waals surface area contributed by atoms with Crippen LogP contribution < -0.4 is 0 Å². The fourth-order valence-corrected chi connectivity index (χ4v) is 1.76. The summed E-state index contributed by atoms with van der Waals surface area (Å²) in [6, 6.07) is 5.32. The molecule has 1 aromatic rings. The maximum Gasteiger partial charge on any atom is 0.123 e. The highest BCUT2D eigenvalue weighted by atomic mass is 19.1. The van der Waals surface area contributed by atoms with Crippen LogP contribution in [0.2, 0.25) is 0 Å². The first-order valence-electron chi connectivity index (χ1n) is 5.94. The first kappa shape index (κ1) is 14.2. The molecule has 0 aliphatic carbocycles. The van der Waals surface area contributed by atoms with Crippen molar-refractivity contribution in [3.8, 4) is 0 Å². The molecule has 0 aliphatic rings. The van der Waals surface area contributed by atoms with Crippen LogP contribution in [-0.4, -0.2) is 0 Å². The van der Waals surface area contributed by atoms with Crippen LogP contribution in [0.4, 0.5) is 4.39 Å². The van der Waals surface area contributed by atoms with Crippen LogP contribution in [0.15, 0.2) is 18.2 Å². The molecule has 1 aromatic carbocycles. The molecule has 0 atom stereocenters. The van der Waals surface area contributed by atoms with E-state index in [4.69, 9.17) is 0 Å². The van der Waals surface area contributed by atoms with Gasteiger partial charge < -0.3 is 0 Å². The lowest BCUT2D eigenvalue weighted by Crippen LogP contribution is -1.96. The Labute approximate surface area is 93.5 Å². The van der Waals surface area contributed by atoms with Gasteiger partial charge >= 0.3 is 0 Å². The summed E-state index contributed by atoms with van der Waals surface area (Å²) in [5, 5.41) is 0. The summed E-state index contributed by atoms with van der Waals surface area (Å²) in [6.07, 6.45) is 2.17. The van der Waals surface area contributed by atoms with Gasteiger partial charge in [0.05, 0.1) is 0 Å². The minimum absolute atomic E-state index is 0.109. The molecule has 1 rings (SSSR count). The summed E-state index contributed by atoms with van der Waals surface area (Å²) in [6.45, 7) is 10.2. The number of hydrogen-bond acceptors (Lipinski definition) is 0. The van der Waals surface area contributed by atoms with Crippen molar-refractivity contribution in [2.45, 2.75) is 53.4 Å². The number of benzene rings is 1. The normalized spacial score (nSPS) is 9.80. The summed E-state index contributed by atoms with van der Waals surface area (Å²) in [7, 11) is 0. The molecule has 0 aliphatic heterocycles. The monoisotopic (exact) mass is 210 g/mol. The van der Waals surface area contributed by atoms with Crippen molar-refractivity contribution in [3.63, 3.8) is 0 Å². The smallest absolute Gasteiger partial charge is 0.123 e. The summed E-state index contributed by atoms with van der Waals surface area (Å²) in [5.41, 5.74) is 2.16. The zero-order valence-corrected chi connectivity index (χ0v) is 10.6. The fraction of sp³-hybridized carbons (Fsp3) is 0.571. The van der Waals surface area contributed by atoms with E-state index in [2.05, 4.69) is 19.9 Å². The van der Waals surface area contributed by atoms with Gasteiger partial charge in [-0.15, -0.1) is 0 Å². The number of halogens is 1. The van der Waals surface area contributed by atoms with Crippen LogP contribution in [0.5, 0.6) is 0 Å². The Balaban J connectivity index is 0.000000921. The quantitative estimate of drug-likeness (QED) is 0.654. The van der Waals surface area contributed by atoms with Crippen LogP contribution in [0, 0.1) is 12.7 Å². The number of hydrogen-bond donors (Lipinski definition) is 0. The zero-order chi connectivity index (χ0) is 11.8. The molecule has 1 heteroatoms. The van der Waals surface area contributed by atoms with Gasteiger partial charge in [0.1, 0.15) is 5.82 Å². The van der Waals surface area contributed by atoms with Gasteiger partial charge in [-0.2, -0.15) is 0 Å². The Kier molecular flexibility index (Phi) is 7.02. The highest BCUT2D eigenvalue weighted by molar-refractivity contribution is 5.26. The van der Waals surface area contributed by atoms with E-state index in [-0.39, 0.29) is 5.82 Å². The fourth-order valence-electron chi connectivity index (χ4n) is 1.76. The molecule has 0 bridgehead atoms. The highest BCUT2D eigenvalue weighted by Crippen LogP contribution is 2.24. The van der Waals surface area contributed by atoms with Crippen molar-refractivity contribution in [2.24, 2.45) is 0 Å². The second-order valence-corrected chi connectivity index (χ2v) is 3.58. The highest BCUT2D eigenvalue weighted by Gasteiger charge is 2.07. The van der Waals surface area contributed by atoms with Crippen LogP contribution in [0.25, 0.3) is 0 Å². The molecule has 0 unspecified atom stereocenters. The molecular formula is C14H23F. The van der Waals surface area contributed by atoms with E-state index in [1.54, 1.807) is 12.1 Å². The Morgan fingerprint density at radius 3 is 2.00 bits per heavy atom. The van der Waals surface area contributed by atoms with E-state index in [1.807, 2.05) is 20.8 Å². The predicted octanol–water partition coefficient (Wildman–Crippen LogP) is 5.06. The van der Waals surface area contributed by atoms with Crippen molar-refractivity contribution in [1.29, 1.82) is 0 Å². The number of rotatable bonds is 3. The van der Waals surface area contributed by atoms with Gasteiger partial charge in [-0.1, -0.05) is 33.8 Å². The molecule has 0 spiro atoms. The van der Waals surface area contributed by atoms with Gasteiger partial charge in [-0.3, -0.25) is 0 Å². The largest absolute Gasteiger partial charge is 0.207 e. The van der Waals surface area contributed by atoms with E-state index < -0.39 is 0 Å². The Morgan fingerprint density at radius 1 is 1.07 bits per heavy atom. The number of aryl methyl sites for hydroxylation is 1. The average Bonchev–Trinajstić information content (AvgIpc) is 2.21. The molecule has 0 aromatic heterocycles. The first-order valence-corrected chi connectivity index (χ1v) is 5.94. The summed E-state index contributed by atoms with van der Waals surface area (Å²) >= 11 is 0. The van der Waals surface area contributed by atoms with Crippen molar-refractivity contribution in [2.75, 3.05) is 0 Å². The van der Waals surface area contributed by atoms with Crippen LogP contribution in [0.3, 0.4) is 0 Å². The van der Waals surface area contributed by atoms with Gasteiger partial charge in [0.2, 0.25) is 0 Å². The molecule has 15 heavy (non-hydrogen) atoms. The van der Waals surface area contributed by atoms with Crippen molar-refractivity contribution in [3.05, 3.63) is 35.1 Å². The SMILES string of the molecule is CC.CCC(CC)c1cc(C)cc(F)c1. The second kappa shape index (κ2) is 7.44. The summed E-state index contributed by atoms with van der Waals surface area (Å²) in [5.74, 6) is 0.399. The zero-order valence-electron chi connectivity index (χ0n) is 10.6. The van der Waals surface area contributed by atoms with Crippen molar-refractivity contribution >= 4 is 0 Å². The van der Waals surface area contributed by atoms with E-state index in [0.717, 1.165) is 24.0 Å². The summed E-state index contributed by atoms with van der Waals surface area (Å²) in [4.78, 5) is 0. The molecule has 0 saturated heterocycles. The Hall–Kier alpha value is -0.850. The van der Waals surface area contributed by atoms with Gasteiger partial charge in [-0.05, 0) is 48.9 Å². The lowest BCUT2D eigenvalue weighted by Gasteiger charge is -2.13. The Morgan fingerprint density at radius 2 is 1.60 bits per heavy atom. The Bertz CT molecular complexity index is 254. The van der Waals surface area contributed by atoms with E-state index >= 15 is 0 Å². The molecule has 0 saturated carbocycles. The topological polar surface area (TPSA) is 0 Å². The molecular weight excluding hydrogens is 187 g/mol. The third kappa shape index (κ3) is 4.46. The molecule has 0 fully saturated rings. The third-order valence-electron chi connectivity index (χ3n) is 2.52. The van der Waals surface area contributed by atoms with Gasteiger partial charge in [-0.25, -0.2) is 4.39 Å². The average molecular weight is 210 g/mol. The summed E-state index contributed by atoms with van der Waals surface area (Å²) < 4.78 is 13.1. The van der Waals surface area contributed by atoms with Crippen molar-refractivity contribution in [1.82, 2.24) is 0 Å². The van der Waals surface area contributed by atoms with Crippen LogP contribution in [-0.2, 0) is 0 Å². The molecule has 86 valence electrons. The van der Waals surface area contributed by atoms with Gasteiger partial charge in [0, 0.05) is 0 Å². The maximum absolute atomic E-state index is 13.1. The van der Waals surface area contributed by atoms with Gasteiger partial charge in [0.15, 0.2) is 0 Å². The minimum Gasteiger partial charge on any atom is -0.207 e. The van der Waals surface area contributed by atoms with Gasteiger partial charge in [0.25, 0.3) is 0 Å². The predicted molar refractivity (Wildman–Crippen MR) is 65.8 cm³/mol. The first-order chi connectivity index (χ1) is 7.17. The molecule has 0 nitrogen and oxygen atoms in total. The van der Waals surface area contributed by atoms with E-state index in [9.17, 15) is 4.39 Å². The van der Waals surface area contributed by atoms with Crippen molar-refractivity contribution < 1.29 is 4.39 Å². The van der Waals surface area contributed by atoms with Crippen LogP contribution in [0.1, 0.15) is 57.6 Å². The molecule has 0 amide bonds. The molecule has 0 radical (unpaired) electrons. The third-order valence-corrected chi connectivity index (χ3v) is 2.52. The molecule has 0 N–H and O–H groups in total. The maximum atomic E-state index is 13.1. The standard InChI is InChI=1S/C12H17F.C2H6/c1-4-10(5-2)11-6-9(3)7-12(13)8-11;1-2/h6-8,10H,4-5H2,1-3H3;1-2H3. The van der Waals surface area contributed by atoms with Crippen LogP contribution >= 0.6 is 0 Å². The van der Waals surface area contributed by atoms with E-state index in [1.165, 1.54) is 0 Å². The van der Waals surface area contributed by atoms with E-state index in [0.29, 0.717) is 5.92 Å².